The van der Waals surface area contributed by atoms with Gasteiger partial charge in [-0.1, -0.05) is 18.0 Å². The van der Waals surface area contributed by atoms with Crippen LogP contribution in [0.25, 0.3) is 0 Å². The molecule has 0 bridgehead atoms. The standard InChI is InChI=1S/C16H25N3O3/c20-14(17-10-9-13-6-3-11-21-13)7-8-15-18-16(19-22-15)12-4-1-2-5-12/h12-13H,1-11H2,(H,17,20). The molecule has 1 saturated carbocycles. The first-order valence-corrected chi connectivity index (χ1v) is 8.52. The Hall–Kier alpha value is -1.43. The van der Waals surface area contributed by atoms with E-state index >= 15 is 0 Å². The minimum atomic E-state index is 0.0404. The average molecular weight is 307 g/mol. The first kappa shape index (κ1) is 15.5. The van der Waals surface area contributed by atoms with Crippen LogP contribution in [0.3, 0.4) is 0 Å². The number of aryl methyl sites for hydroxylation is 1. The molecule has 1 amide bonds. The molecule has 1 unspecified atom stereocenters. The van der Waals surface area contributed by atoms with E-state index < -0.39 is 0 Å². The van der Waals surface area contributed by atoms with Gasteiger partial charge in [-0.3, -0.25) is 4.79 Å². The lowest BCUT2D eigenvalue weighted by Gasteiger charge is -2.09. The van der Waals surface area contributed by atoms with E-state index in [2.05, 4.69) is 15.5 Å². The molecule has 2 fully saturated rings. The Morgan fingerprint density at radius 1 is 1.23 bits per heavy atom. The third-order valence-corrected chi connectivity index (χ3v) is 4.58. The highest BCUT2D eigenvalue weighted by Gasteiger charge is 2.22. The van der Waals surface area contributed by atoms with Crippen molar-refractivity contribution in [3.8, 4) is 0 Å². The number of amides is 1. The van der Waals surface area contributed by atoms with Crippen molar-refractivity contribution >= 4 is 5.91 Å². The number of hydrogen-bond donors (Lipinski definition) is 1. The van der Waals surface area contributed by atoms with Gasteiger partial charge in [-0.25, -0.2) is 0 Å². The van der Waals surface area contributed by atoms with Crippen LogP contribution in [0.5, 0.6) is 0 Å². The van der Waals surface area contributed by atoms with Gasteiger partial charge >= 0.3 is 0 Å². The van der Waals surface area contributed by atoms with Crippen molar-refractivity contribution < 1.29 is 14.1 Å². The molecule has 1 aliphatic carbocycles. The Bertz CT molecular complexity index is 477. The van der Waals surface area contributed by atoms with Gasteiger partial charge in [0.1, 0.15) is 0 Å². The van der Waals surface area contributed by atoms with E-state index in [1.807, 2.05) is 0 Å². The monoisotopic (exact) mass is 307 g/mol. The fourth-order valence-electron chi connectivity index (χ4n) is 3.27. The predicted molar refractivity (Wildman–Crippen MR) is 80.4 cm³/mol. The number of nitrogens with one attached hydrogen (secondary N) is 1. The van der Waals surface area contributed by atoms with Gasteiger partial charge in [0.2, 0.25) is 11.8 Å². The van der Waals surface area contributed by atoms with Gasteiger partial charge in [0.25, 0.3) is 0 Å². The molecule has 1 N–H and O–H groups in total. The second-order valence-corrected chi connectivity index (χ2v) is 6.30. The molecule has 1 aromatic heterocycles. The minimum absolute atomic E-state index is 0.0404. The predicted octanol–water partition coefficient (Wildman–Crippen LogP) is 2.35. The molecule has 22 heavy (non-hydrogen) atoms. The lowest BCUT2D eigenvalue weighted by Crippen LogP contribution is -2.27. The Morgan fingerprint density at radius 3 is 2.86 bits per heavy atom. The maximum atomic E-state index is 11.8. The smallest absolute Gasteiger partial charge is 0.227 e. The third-order valence-electron chi connectivity index (χ3n) is 4.58. The average Bonchev–Trinajstić information content (AvgIpc) is 3.26. The number of carbonyl (C=O) groups excluding carboxylic acids is 1. The molecule has 122 valence electrons. The van der Waals surface area contributed by atoms with Crippen molar-refractivity contribution in [2.24, 2.45) is 0 Å². The topological polar surface area (TPSA) is 77.2 Å². The van der Waals surface area contributed by atoms with Gasteiger partial charge in [-0.2, -0.15) is 4.98 Å². The van der Waals surface area contributed by atoms with Gasteiger partial charge in [0.15, 0.2) is 5.82 Å². The number of rotatable bonds is 7. The summed E-state index contributed by atoms with van der Waals surface area (Å²) in [5, 5.41) is 6.99. The summed E-state index contributed by atoms with van der Waals surface area (Å²) in [6.07, 6.45) is 9.21. The molecular weight excluding hydrogens is 282 g/mol. The fourth-order valence-corrected chi connectivity index (χ4v) is 3.27. The van der Waals surface area contributed by atoms with Crippen molar-refractivity contribution in [3.63, 3.8) is 0 Å². The highest BCUT2D eigenvalue weighted by atomic mass is 16.5. The van der Waals surface area contributed by atoms with Crippen LogP contribution in [0, 0.1) is 0 Å². The largest absolute Gasteiger partial charge is 0.378 e. The second kappa shape index (κ2) is 7.72. The van der Waals surface area contributed by atoms with Gasteiger partial charge in [0, 0.05) is 31.9 Å². The normalized spacial score (nSPS) is 22.3. The number of nitrogens with zero attached hydrogens (tertiary/aromatic N) is 2. The summed E-state index contributed by atoms with van der Waals surface area (Å²) in [6.45, 7) is 1.54. The molecule has 6 heteroatoms. The molecular formula is C16H25N3O3. The van der Waals surface area contributed by atoms with E-state index in [9.17, 15) is 4.79 Å². The van der Waals surface area contributed by atoms with Crippen molar-refractivity contribution in [3.05, 3.63) is 11.7 Å². The molecule has 3 rings (SSSR count). The molecule has 1 aliphatic heterocycles. The van der Waals surface area contributed by atoms with Crippen LogP contribution in [-0.2, 0) is 16.0 Å². The summed E-state index contributed by atoms with van der Waals surface area (Å²) < 4.78 is 10.8. The highest BCUT2D eigenvalue weighted by Crippen LogP contribution is 2.32. The molecule has 2 heterocycles. The zero-order valence-corrected chi connectivity index (χ0v) is 13.1. The Morgan fingerprint density at radius 2 is 2.09 bits per heavy atom. The lowest BCUT2D eigenvalue weighted by molar-refractivity contribution is -0.121. The van der Waals surface area contributed by atoms with E-state index in [0.717, 1.165) is 44.5 Å². The molecule has 1 aromatic rings. The van der Waals surface area contributed by atoms with Gasteiger partial charge < -0.3 is 14.6 Å². The van der Waals surface area contributed by atoms with Crippen molar-refractivity contribution in [2.45, 2.75) is 69.8 Å². The number of aromatic nitrogens is 2. The van der Waals surface area contributed by atoms with Crippen LogP contribution < -0.4 is 5.32 Å². The lowest BCUT2D eigenvalue weighted by atomic mass is 10.1. The van der Waals surface area contributed by atoms with E-state index in [1.54, 1.807) is 0 Å². The van der Waals surface area contributed by atoms with E-state index in [0.29, 0.717) is 37.3 Å². The third kappa shape index (κ3) is 4.29. The maximum Gasteiger partial charge on any atom is 0.227 e. The Labute approximate surface area is 131 Å². The summed E-state index contributed by atoms with van der Waals surface area (Å²) in [7, 11) is 0. The van der Waals surface area contributed by atoms with Crippen LogP contribution in [-0.4, -0.2) is 35.3 Å². The first-order valence-electron chi connectivity index (χ1n) is 8.52. The molecule has 0 radical (unpaired) electrons. The fraction of sp³-hybridized carbons (Fsp3) is 0.812. The van der Waals surface area contributed by atoms with Gasteiger partial charge in [-0.15, -0.1) is 0 Å². The Balaban J connectivity index is 1.33. The maximum absolute atomic E-state index is 11.8. The molecule has 1 atom stereocenters. The SMILES string of the molecule is O=C(CCc1nc(C2CCCC2)no1)NCCC1CCCO1. The molecule has 2 aliphatic rings. The number of hydrogen-bond acceptors (Lipinski definition) is 5. The molecule has 1 saturated heterocycles. The summed E-state index contributed by atoms with van der Waals surface area (Å²) in [6, 6.07) is 0. The molecule has 0 aromatic carbocycles. The zero-order chi connectivity index (χ0) is 15.2. The van der Waals surface area contributed by atoms with Crippen LogP contribution in [0.4, 0.5) is 0 Å². The van der Waals surface area contributed by atoms with E-state index in [4.69, 9.17) is 9.26 Å². The molecule has 0 spiro atoms. The Kier molecular flexibility index (Phi) is 5.43. The van der Waals surface area contributed by atoms with Gasteiger partial charge in [0.05, 0.1) is 6.10 Å². The zero-order valence-electron chi connectivity index (χ0n) is 13.1. The minimum Gasteiger partial charge on any atom is -0.378 e. The van der Waals surface area contributed by atoms with Crippen LogP contribution in [0.15, 0.2) is 4.52 Å². The van der Waals surface area contributed by atoms with Crippen molar-refractivity contribution in [1.29, 1.82) is 0 Å². The summed E-state index contributed by atoms with van der Waals surface area (Å²) >= 11 is 0. The van der Waals surface area contributed by atoms with Crippen LogP contribution in [0.2, 0.25) is 0 Å². The summed E-state index contributed by atoms with van der Waals surface area (Å²) in [5.74, 6) is 1.90. The van der Waals surface area contributed by atoms with E-state index in [1.165, 1.54) is 12.8 Å². The van der Waals surface area contributed by atoms with Crippen LogP contribution in [0.1, 0.15) is 69.0 Å². The number of carbonyl (C=O) groups is 1. The first-order chi connectivity index (χ1) is 10.8. The molecule has 6 nitrogen and oxygen atoms in total. The van der Waals surface area contributed by atoms with Crippen molar-refractivity contribution in [1.82, 2.24) is 15.5 Å². The summed E-state index contributed by atoms with van der Waals surface area (Å²) in [4.78, 5) is 16.2. The second-order valence-electron chi connectivity index (χ2n) is 6.30. The summed E-state index contributed by atoms with van der Waals surface area (Å²) in [5.41, 5.74) is 0. The highest BCUT2D eigenvalue weighted by molar-refractivity contribution is 5.75. The van der Waals surface area contributed by atoms with Crippen LogP contribution >= 0.6 is 0 Å². The van der Waals surface area contributed by atoms with Gasteiger partial charge in [-0.05, 0) is 32.1 Å². The van der Waals surface area contributed by atoms with E-state index in [-0.39, 0.29) is 5.91 Å². The van der Waals surface area contributed by atoms with Crippen molar-refractivity contribution in [2.75, 3.05) is 13.2 Å². The number of ether oxygens (including phenoxy) is 1. The quantitative estimate of drug-likeness (QED) is 0.836.